The summed E-state index contributed by atoms with van der Waals surface area (Å²) in [6, 6.07) is 24.2. The number of fused-ring (bicyclic) bond motifs is 1. The van der Waals surface area contributed by atoms with Crippen LogP contribution in [0.1, 0.15) is 19.4 Å². The van der Waals surface area contributed by atoms with Crippen LogP contribution in [0.25, 0.3) is 22.4 Å². The van der Waals surface area contributed by atoms with Crippen LogP contribution in [0.3, 0.4) is 0 Å². The van der Waals surface area contributed by atoms with Crippen molar-refractivity contribution in [1.82, 2.24) is 15.3 Å². The minimum atomic E-state index is -0.624. The first-order valence-electron chi connectivity index (χ1n) is 10.7. The SMILES string of the molecule is CC(C)[C@H](NC(=O)Cc1ccccc1)C(=O)Nc1ccc(-c2nc3ccccc3[nH]2)cc1. The van der Waals surface area contributed by atoms with Crippen molar-refractivity contribution in [3.63, 3.8) is 0 Å². The lowest BCUT2D eigenvalue weighted by atomic mass is 10.0. The molecule has 4 aromatic rings. The van der Waals surface area contributed by atoms with Crippen LogP contribution in [0.15, 0.2) is 78.9 Å². The van der Waals surface area contributed by atoms with Gasteiger partial charge < -0.3 is 15.6 Å². The number of hydrogen-bond donors (Lipinski definition) is 3. The summed E-state index contributed by atoms with van der Waals surface area (Å²) >= 11 is 0. The van der Waals surface area contributed by atoms with Crippen molar-refractivity contribution in [2.45, 2.75) is 26.3 Å². The summed E-state index contributed by atoms with van der Waals surface area (Å²) in [4.78, 5) is 33.2. The Hall–Kier alpha value is -3.93. The molecule has 1 aromatic heterocycles. The van der Waals surface area contributed by atoms with Crippen molar-refractivity contribution in [2.75, 3.05) is 5.32 Å². The highest BCUT2D eigenvalue weighted by Crippen LogP contribution is 2.22. The highest BCUT2D eigenvalue weighted by Gasteiger charge is 2.24. The molecule has 32 heavy (non-hydrogen) atoms. The lowest BCUT2D eigenvalue weighted by Crippen LogP contribution is -2.47. The van der Waals surface area contributed by atoms with E-state index in [1.165, 1.54) is 0 Å². The molecule has 0 radical (unpaired) electrons. The number of carbonyl (C=O) groups excluding carboxylic acids is 2. The van der Waals surface area contributed by atoms with E-state index in [9.17, 15) is 9.59 Å². The van der Waals surface area contributed by atoms with Crippen LogP contribution >= 0.6 is 0 Å². The number of imidazole rings is 1. The first-order valence-corrected chi connectivity index (χ1v) is 10.7. The van der Waals surface area contributed by atoms with E-state index >= 15 is 0 Å². The summed E-state index contributed by atoms with van der Waals surface area (Å²) in [5.41, 5.74) is 4.39. The number of aromatic amines is 1. The molecule has 4 rings (SSSR count). The molecule has 1 atom stereocenters. The Balaban J connectivity index is 1.41. The maximum Gasteiger partial charge on any atom is 0.247 e. The number of nitrogens with zero attached hydrogens (tertiary/aromatic N) is 1. The second-order valence-corrected chi connectivity index (χ2v) is 8.12. The molecule has 3 aromatic carbocycles. The fourth-order valence-corrected chi connectivity index (χ4v) is 3.56. The van der Waals surface area contributed by atoms with Gasteiger partial charge in [-0.2, -0.15) is 0 Å². The standard InChI is InChI=1S/C26H26N4O2/c1-17(2)24(30-23(31)16-18-8-4-3-5-9-18)26(32)27-20-14-12-19(13-15-20)25-28-21-10-6-7-11-22(21)29-25/h3-15,17,24H,16H2,1-2H3,(H,27,32)(H,28,29)(H,30,31)/t24-/m0/s1. The summed E-state index contributed by atoms with van der Waals surface area (Å²) < 4.78 is 0. The van der Waals surface area contributed by atoms with Gasteiger partial charge in [0.1, 0.15) is 11.9 Å². The van der Waals surface area contributed by atoms with Gasteiger partial charge in [-0.15, -0.1) is 0 Å². The van der Waals surface area contributed by atoms with Crippen LogP contribution in [-0.2, 0) is 16.0 Å². The summed E-state index contributed by atoms with van der Waals surface area (Å²) in [5, 5.41) is 5.78. The van der Waals surface area contributed by atoms with Gasteiger partial charge >= 0.3 is 0 Å². The molecule has 0 fully saturated rings. The fraction of sp³-hybridized carbons (Fsp3) is 0.192. The zero-order valence-electron chi connectivity index (χ0n) is 18.1. The van der Waals surface area contributed by atoms with E-state index in [0.29, 0.717) is 5.69 Å². The Labute approximate surface area is 187 Å². The summed E-state index contributed by atoms with van der Waals surface area (Å²) in [7, 11) is 0. The van der Waals surface area contributed by atoms with E-state index < -0.39 is 6.04 Å². The molecule has 1 heterocycles. The summed E-state index contributed by atoms with van der Waals surface area (Å²) in [5.74, 6) is 0.310. The van der Waals surface area contributed by atoms with E-state index in [-0.39, 0.29) is 24.2 Å². The molecule has 6 nitrogen and oxygen atoms in total. The number of benzene rings is 3. The Kier molecular flexibility index (Phi) is 6.31. The van der Waals surface area contributed by atoms with Crippen molar-refractivity contribution in [3.8, 4) is 11.4 Å². The molecule has 0 spiro atoms. The van der Waals surface area contributed by atoms with Crippen LogP contribution in [0.4, 0.5) is 5.69 Å². The van der Waals surface area contributed by atoms with Gasteiger partial charge in [-0.25, -0.2) is 4.98 Å². The average Bonchev–Trinajstić information content (AvgIpc) is 3.23. The highest BCUT2D eigenvalue weighted by molar-refractivity contribution is 5.97. The van der Waals surface area contributed by atoms with Crippen LogP contribution in [0.2, 0.25) is 0 Å². The first-order chi connectivity index (χ1) is 15.5. The topological polar surface area (TPSA) is 86.9 Å². The predicted molar refractivity (Wildman–Crippen MR) is 127 cm³/mol. The van der Waals surface area contributed by atoms with E-state index in [1.54, 1.807) is 0 Å². The molecular weight excluding hydrogens is 400 g/mol. The van der Waals surface area contributed by atoms with Crippen LogP contribution in [0, 0.1) is 5.92 Å². The normalized spacial score (nSPS) is 12.0. The average molecular weight is 427 g/mol. The largest absolute Gasteiger partial charge is 0.344 e. The molecule has 0 saturated heterocycles. The van der Waals surface area contributed by atoms with Crippen molar-refractivity contribution < 1.29 is 9.59 Å². The van der Waals surface area contributed by atoms with E-state index in [2.05, 4.69) is 20.6 Å². The smallest absolute Gasteiger partial charge is 0.247 e. The third kappa shape index (κ3) is 5.03. The second-order valence-electron chi connectivity index (χ2n) is 8.12. The van der Waals surface area contributed by atoms with Gasteiger partial charge in [-0.1, -0.05) is 56.3 Å². The van der Waals surface area contributed by atoms with E-state index in [1.807, 2.05) is 92.7 Å². The van der Waals surface area contributed by atoms with E-state index in [0.717, 1.165) is 28.0 Å². The lowest BCUT2D eigenvalue weighted by molar-refractivity contribution is -0.127. The van der Waals surface area contributed by atoms with Gasteiger partial charge in [0, 0.05) is 11.3 Å². The molecular formula is C26H26N4O2. The van der Waals surface area contributed by atoms with Gasteiger partial charge in [0.15, 0.2) is 0 Å². The summed E-state index contributed by atoms with van der Waals surface area (Å²) in [6.07, 6.45) is 0.240. The highest BCUT2D eigenvalue weighted by atomic mass is 16.2. The molecule has 162 valence electrons. The maximum atomic E-state index is 12.9. The minimum Gasteiger partial charge on any atom is -0.344 e. The molecule has 0 unspecified atom stereocenters. The third-order valence-electron chi connectivity index (χ3n) is 5.29. The zero-order chi connectivity index (χ0) is 22.5. The molecule has 0 saturated carbocycles. The van der Waals surface area contributed by atoms with Gasteiger partial charge in [0.05, 0.1) is 17.5 Å². The fourth-order valence-electron chi connectivity index (χ4n) is 3.56. The number of anilines is 1. The molecule has 0 aliphatic carbocycles. The maximum absolute atomic E-state index is 12.9. The number of para-hydroxylation sites is 2. The number of amides is 2. The Morgan fingerprint density at radius 1 is 0.906 bits per heavy atom. The predicted octanol–water partition coefficient (Wildman–Crippen LogP) is 4.55. The molecule has 6 heteroatoms. The minimum absolute atomic E-state index is 0.0513. The quantitative estimate of drug-likeness (QED) is 0.405. The number of nitrogens with one attached hydrogen (secondary N) is 3. The summed E-state index contributed by atoms with van der Waals surface area (Å²) in [6.45, 7) is 3.83. The van der Waals surface area contributed by atoms with Gasteiger partial charge in [0.25, 0.3) is 0 Å². The van der Waals surface area contributed by atoms with Crippen molar-refractivity contribution in [3.05, 3.63) is 84.4 Å². The Morgan fingerprint density at radius 3 is 2.28 bits per heavy atom. The lowest BCUT2D eigenvalue weighted by Gasteiger charge is -2.22. The first kappa shape index (κ1) is 21.3. The molecule has 0 aliphatic heterocycles. The zero-order valence-corrected chi connectivity index (χ0v) is 18.1. The Bertz CT molecular complexity index is 1180. The number of hydrogen-bond acceptors (Lipinski definition) is 3. The van der Waals surface area contributed by atoms with E-state index in [4.69, 9.17) is 0 Å². The van der Waals surface area contributed by atoms with Gasteiger partial charge in [-0.05, 0) is 47.9 Å². The molecule has 0 aliphatic rings. The van der Waals surface area contributed by atoms with Crippen molar-refractivity contribution >= 4 is 28.5 Å². The van der Waals surface area contributed by atoms with Crippen LogP contribution < -0.4 is 10.6 Å². The van der Waals surface area contributed by atoms with Crippen LogP contribution in [-0.4, -0.2) is 27.8 Å². The molecule has 2 amide bonds. The number of rotatable bonds is 7. The van der Waals surface area contributed by atoms with Gasteiger partial charge in [0.2, 0.25) is 11.8 Å². The molecule has 3 N–H and O–H groups in total. The Morgan fingerprint density at radius 2 is 1.59 bits per heavy atom. The van der Waals surface area contributed by atoms with Crippen molar-refractivity contribution in [1.29, 1.82) is 0 Å². The second kappa shape index (κ2) is 9.47. The van der Waals surface area contributed by atoms with Gasteiger partial charge in [-0.3, -0.25) is 9.59 Å². The monoisotopic (exact) mass is 426 g/mol. The number of carbonyl (C=O) groups is 2. The van der Waals surface area contributed by atoms with Crippen LogP contribution in [0.5, 0.6) is 0 Å². The van der Waals surface area contributed by atoms with Crippen molar-refractivity contribution in [2.24, 2.45) is 5.92 Å². The third-order valence-corrected chi connectivity index (χ3v) is 5.29. The number of H-pyrrole nitrogens is 1. The number of aromatic nitrogens is 2. The molecule has 0 bridgehead atoms.